The number of carbonyl (C=O) groups is 2. The first-order chi connectivity index (χ1) is 9.41. The Morgan fingerprint density at radius 3 is 2.40 bits per heavy atom. The zero-order valence-electron chi connectivity index (χ0n) is 11.4. The van der Waals surface area contributed by atoms with E-state index >= 15 is 0 Å². The van der Waals surface area contributed by atoms with Crippen LogP contribution in [-0.2, 0) is 15.0 Å². The topological polar surface area (TPSA) is 86.6 Å². The van der Waals surface area contributed by atoms with Gasteiger partial charge in [-0.2, -0.15) is 0 Å². The first-order valence-corrected chi connectivity index (χ1v) is 6.68. The third kappa shape index (κ3) is 2.99. The fourth-order valence-electron chi connectivity index (χ4n) is 2.41. The number of benzene rings is 1. The second-order valence-corrected chi connectivity index (χ2v) is 5.57. The lowest BCUT2D eigenvalue weighted by Crippen LogP contribution is -2.49. The predicted molar refractivity (Wildman–Crippen MR) is 73.2 cm³/mol. The van der Waals surface area contributed by atoms with Crippen LogP contribution in [0.5, 0.6) is 0 Å². The first kappa shape index (κ1) is 14.5. The van der Waals surface area contributed by atoms with Gasteiger partial charge in [-0.1, -0.05) is 30.3 Å². The van der Waals surface area contributed by atoms with E-state index in [9.17, 15) is 19.8 Å². The van der Waals surface area contributed by atoms with Gasteiger partial charge in [0.05, 0.1) is 11.5 Å². The number of rotatable bonds is 5. The summed E-state index contributed by atoms with van der Waals surface area (Å²) in [6, 6.07) is 8.73. The van der Waals surface area contributed by atoms with Gasteiger partial charge in [-0.25, -0.2) is 0 Å². The molecule has 0 saturated heterocycles. The van der Waals surface area contributed by atoms with E-state index in [-0.39, 0.29) is 24.5 Å². The minimum atomic E-state index is -1.24. The van der Waals surface area contributed by atoms with Crippen molar-refractivity contribution in [2.45, 2.75) is 43.7 Å². The average molecular weight is 277 g/mol. The molecular formula is C15H19NO4. The van der Waals surface area contributed by atoms with Crippen LogP contribution >= 0.6 is 0 Å². The van der Waals surface area contributed by atoms with Gasteiger partial charge in [0.25, 0.3) is 0 Å². The molecule has 1 fully saturated rings. The number of nitrogens with one attached hydrogen (secondary N) is 1. The molecule has 0 radical (unpaired) electrons. The molecule has 1 amide bonds. The number of amides is 1. The quantitative estimate of drug-likeness (QED) is 0.751. The van der Waals surface area contributed by atoms with Crippen molar-refractivity contribution in [3.05, 3.63) is 35.9 Å². The van der Waals surface area contributed by atoms with Crippen LogP contribution in [-0.4, -0.2) is 34.2 Å². The van der Waals surface area contributed by atoms with Crippen LogP contribution in [0.3, 0.4) is 0 Å². The number of carboxylic acids is 1. The Morgan fingerprint density at radius 2 is 1.90 bits per heavy atom. The van der Waals surface area contributed by atoms with Crippen LogP contribution in [0, 0.1) is 0 Å². The number of hydrogen-bond acceptors (Lipinski definition) is 3. The summed E-state index contributed by atoms with van der Waals surface area (Å²) >= 11 is 0. The van der Waals surface area contributed by atoms with Gasteiger partial charge in [-0.15, -0.1) is 0 Å². The van der Waals surface area contributed by atoms with Gasteiger partial charge in [0.15, 0.2) is 0 Å². The lowest BCUT2D eigenvalue weighted by atomic mass is 9.79. The second kappa shape index (κ2) is 5.63. The SMILES string of the molecule is CC(CC(=O)NC1CC(O)C1)(C(=O)O)c1ccccc1. The molecule has 1 aliphatic rings. The number of carboxylic acid groups (broad SMARTS) is 1. The van der Waals surface area contributed by atoms with Crippen LogP contribution in [0.4, 0.5) is 0 Å². The highest BCUT2D eigenvalue weighted by atomic mass is 16.4. The van der Waals surface area contributed by atoms with Crippen molar-refractivity contribution in [2.75, 3.05) is 0 Å². The molecule has 5 heteroatoms. The summed E-state index contributed by atoms with van der Waals surface area (Å²) < 4.78 is 0. The third-order valence-electron chi connectivity index (χ3n) is 3.88. The highest BCUT2D eigenvalue weighted by molar-refractivity contribution is 5.89. The van der Waals surface area contributed by atoms with E-state index in [0.717, 1.165) is 0 Å². The van der Waals surface area contributed by atoms with Gasteiger partial charge in [0, 0.05) is 12.5 Å². The molecule has 5 nitrogen and oxygen atoms in total. The van der Waals surface area contributed by atoms with E-state index < -0.39 is 11.4 Å². The molecule has 0 aromatic heterocycles. The molecule has 0 aliphatic heterocycles. The fraction of sp³-hybridized carbons (Fsp3) is 0.467. The van der Waals surface area contributed by atoms with E-state index in [2.05, 4.69) is 5.32 Å². The zero-order chi connectivity index (χ0) is 14.8. The van der Waals surface area contributed by atoms with Crippen LogP contribution in [0.1, 0.15) is 31.7 Å². The summed E-state index contributed by atoms with van der Waals surface area (Å²) in [6.45, 7) is 1.56. The Hall–Kier alpha value is -1.88. The Balaban J connectivity index is 2.06. The summed E-state index contributed by atoms with van der Waals surface area (Å²) in [4.78, 5) is 23.5. The first-order valence-electron chi connectivity index (χ1n) is 6.68. The van der Waals surface area contributed by atoms with Crippen molar-refractivity contribution < 1.29 is 19.8 Å². The number of carbonyl (C=O) groups excluding carboxylic acids is 1. The van der Waals surface area contributed by atoms with Crippen molar-refractivity contribution >= 4 is 11.9 Å². The van der Waals surface area contributed by atoms with Crippen molar-refractivity contribution in [2.24, 2.45) is 0 Å². The summed E-state index contributed by atoms with van der Waals surface area (Å²) in [5.41, 5.74) is -0.635. The average Bonchev–Trinajstić information content (AvgIpc) is 2.37. The zero-order valence-corrected chi connectivity index (χ0v) is 11.4. The number of aliphatic hydroxyl groups is 1. The summed E-state index contributed by atoms with van der Waals surface area (Å²) in [5, 5.41) is 21.4. The molecule has 1 aliphatic carbocycles. The molecule has 0 spiro atoms. The molecule has 108 valence electrons. The van der Waals surface area contributed by atoms with Crippen LogP contribution in [0.15, 0.2) is 30.3 Å². The maximum atomic E-state index is 12.0. The van der Waals surface area contributed by atoms with Gasteiger partial charge in [0.1, 0.15) is 0 Å². The van der Waals surface area contributed by atoms with Gasteiger partial charge < -0.3 is 15.5 Å². The van der Waals surface area contributed by atoms with E-state index in [1.807, 2.05) is 6.07 Å². The predicted octanol–water partition coefficient (Wildman–Crippen LogP) is 1.06. The van der Waals surface area contributed by atoms with Crippen LogP contribution in [0.2, 0.25) is 0 Å². The van der Waals surface area contributed by atoms with Crippen LogP contribution in [0.25, 0.3) is 0 Å². The molecule has 1 atom stereocenters. The summed E-state index contributed by atoms with van der Waals surface area (Å²) in [6.07, 6.45) is 0.626. The maximum absolute atomic E-state index is 12.0. The minimum Gasteiger partial charge on any atom is -0.481 e. The molecule has 0 heterocycles. The molecule has 0 bridgehead atoms. The summed E-state index contributed by atoms with van der Waals surface area (Å²) in [7, 11) is 0. The minimum absolute atomic E-state index is 0.0358. The van der Waals surface area contributed by atoms with Gasteiger partial charge in [-0.3, -0.25) is 9.59 Å². The smallest absolute Gasteiger partial charge is 0.314 e. The summed E-state index contributed by atoms with van der Waals surface area (Å²) in [5.74, 6) is -1.32. The molecule has 1 unspecified atom stereocenters. The standard InChI is InChI=1S/C15H19NO4/c1-15(14(19)20,10-5-3-2-4-6-10)9-13(18)16-11-7-12(17)8-11/h2-6,11-12,17H,7-9H2,1H3,(H,16,18)(H,19,20). The van der Waals surface area contributed by atoms with E-state index in [1.54, 1.807) is 31.2 Å². The highest BCUT2D eigenvalue weighted by Crippen LogP contribution is 2.28. The Kier molecular flexibility index (Phi) is 4.09. The molecule has 1 saturated carbocycles. The van der Waals surface area contributed by atoms with E-state index in [1.165, 1.54) is 0 Å². The molecule has 3 N–H and O–H groups in total. The van der Waals surface area contributed by atoms with E-state index in [4.69, 9.17) is 0 Å². The number of aliphatic hydroxyl groups excluding tert-OH is 1. The van der Waals surface area contributed by atoms with Crippen molar-refractivity contribution in [3.63, 3.8) is 0 Å². The number of hydrogen-bond donors (Lipinski definition) is 3. The van der Waals surface area contributed by atoms with Gasteiger partial charge in [0.2, 0.25) is 5.91 Å². The number of aliphatic carboxylic acids is 1. The highest BCUT2D eigenvalue weighted by Gasteiger charge is 2.38. The molecular weight excluding hydrogens is 258 g/mol. The lowest BCUT2D eigenvalue weighted by molar-refractivity contribution is -0.146. The molecule has 2 rings (SSSR count). The Morgan fingerprint density at radius 1 is 1.30 bits per heavy atom. The molecule has 1 aromatic rings. The van der Waals surface area contributed by atoms with Crippen LogP contribution < -0.4 is 5.32 Å². The van der Waals surface area contributed by atoms with Gasteiger partial charge >= 0.3 is 5.97 Å². The third-order valence-corrected chi connectivity index (χ3v) is 3.88. The molecule has 20 heavy (non-hydrogen) atoms. The maximum Gasteiger partial charge on any atom is 0.314 e. The Bertz CT molecular complexity index is 496. The largest absolute Gasteiger partial charge is 0.481 e. The fourth-order valence-corrected chi connectivity index (χ4v) is 2.41. The second-order valence-electron chi connectivity index (χ2n) is 5.57. The Labute approximate surface area is 117 Å². The lowest BCUT2D eigenvalue weighted by Gasteiger charge is -2.33. The van der Waals surface area contributed by atoms with Crippen molar-refractivity contribution in [3.8, 4) is 0 Å². The normalized spacial score (nSPS) is 24.3. The van der Waals surface area contributed by atoms with Crippen molar-refractivity contribution in [1.82, 2.24) is 5.32 Å². The van der Waals surface area contributed by atoms with Gasteiger partial charge in [-0.05, 0) is 25.3 Å². The van der Waals surface area contributed by atoms with Crippen molar-refractivity contribution in [1.29, 1.82) is 0 Å². The molecule has 1 aromatic carbocycles. The monoisotopic (exact) mass is 277 g/mol. The van der Waals surface area contributed by atoms with E-state index in [0.29, 0.717) is 18.4 Å².